The Morgan fingerprint density at radius 2 is 1.52 bits per heavy atom. The van der Waals surface area contributed by atoms with Crippen molar-refractivity contribution in [1.82, 2.24) is 24.3 Å². The van der Waals surface area contributed by atoms with Crippen LogP contribution in [0.1, 0.15) is 37.6 Å². The molecule has 0 spiro atoms. The molecule has 46 heavy (non-hydrogen) atoms. The number of nitrogens with zero attached hydrogens (tertiary/aromatic N) is 5. The zero-order valence-corrected chi connectivity index (χ0v) is 26.3. The molecule has 0 atom stereocenters. The molecule has 2 N–H and O–H groups in total. The van der Waals surface area contributed by atoms with Crippen LogP contribution in [-0.4, -0.2) is 30.3 Å². The number of carbonyl (C=O) groups excluding carboxylic acids is 1. The lowest BCUT2D eigenvalue weighted by molar-refractivity contribution is 0.262. The maximum absolute atomic E-state index is 13.5. The first-order valence-corrected chi connectivity index (χ1v) is 15.4. The van der Waals surface area contributed by atoms with Crippen molar-refractivity contribution in [2.45, 2.75) is 39.7 Å². The first-order chi connectivity index (χ1) is 22.2. The average molecular weight is 606 g/mol. The van der Waals surface area contributed by atoms with Crippen LogP contribution in [0, 0.1) is 6.92 Å². The molecule has 0 saturated heterocycles. The average Bonchev–Trinajstić information content (AvgIpc) is 3.67. The Labute approximate surface area is 267 Å². The largest absolute Gasteiger partial charge is 0.324 e. The highest BCUT2D eigenvalue weighted by molar-refractivity contribution is 6.11. The number of amides is 2. The number of aromatic nitrogens is 5. The summed E-state index contributed by atoms with van der Waals surface area (Å²) in [5.41, 5.74) is 8.28. The van der Waals surface area contributed by atoms with E-state index in [4.69, 9.17) is 10.1 Å². The number of nitrogens with one attached hydrogen (secondary N) is 2. The lowest BCUT2D eigenvalue weighted by atomic mass is 9.92. The number of carbonyl (C=O) groups is 1. The van der Waals surface area contributed by atoms with E-state index in [1.165, 1.54) is 5.56 Å². The number of fused-ring (bicyclic) bond motifs is 2. The molecule has 0 aliphatic heterocycles. The van der Waals surface area contributed by atoms with E-state index in [1.54, 1.807) is 4.68 Å². The predicted octanol–water partition coefficient (Wildman–Crippen LogP) is 8.74. The number of imidazole rings is 1. The molecule has 3 aromatic heterocycles. The molecule has 0 aliphatic carbocycles. The standard InChI is InChI=1S/C38H35N7O/c1-25-14-16-27(17-15-25)45-34(22-33(43-45)38(2,3)4)42-37(46)41-32-19-18-29(28-12-8-9-13-30(28)32)31-20-21-39-36-35(31)40-24-44(36)23-26-10-6-5-7-11-26/h5-22,24H,23H2,1-4H3,(H2,41,42,46). The van der Waals surface area contributed by atoms with Crippen molar-refractivity contribution in [3.8, 4) is 16.8 Å². The van der Waals surface area contributed by atoms with Crippen molar-refractivity contribution in [2.24, 2.45) is 0 Å². The van der Waals surface area contributed by atoms with Crippen LogP contribution in [-0.2, 0) is 12.0 Å². The minimum atomic E-state index is -0.349. The molecule has 3 heterocycles. The van der Waals surface area contributed by atoms with Gasteiger partial charge in [0.15, 0.2) is 5.65 Å². The third kappa shape index (κ3) is 5.61. The van der Waals surface area contributed by atoms with Crippen LogP contribution in [0.15, 0.2) is 116 Å². The maximum Gasteiger partial charge on any atom is 0.324 e. The van der Waals surface area contributed by atoms with Crippen LogP contribution in [0.5, 0.6) is 0 Å². The van der Waals surface area contributed by atoms with E-state index < -0.39 is 0 Å². The van der Waals surface area contributed by atoms with Gasteiger partial charge in [-0.05, 0) is 47.7 Å². The second-order valence-electron chi connectivity index (χ2n) is 12.6. The van der Waals surface area contributed by atoms with Crippen LogP contribution in [0.3, 0.4) is 0 Å². The van der Waals surface area contributed by atoms with Gasteiger partial charge in [0.2, 0.25) is 0 Å². The van der Waals surface area contributed by atoms with Gasteiger partial charge in [-0.1, -0.05) is 99.1 Å². The zero-order chi connectivity index (χ0) is 31.8. The summed E-state index contributed by atoms with van der Waals surface area (Å²) in [6, 6.07) is 34.0. The summed E-state index contributed by atoms with van der Waals surface area (Å²) in [7, 11) is 0. The molecule has 0 radical (unpaired) electrons. The van der Waals surface area contributed by atoms with Gasteiger partial charge in [0.1, 0.15) is 11.3 Å². The second-order valence-corrected chi connectivity index (χ2v) is 12.6. The molecule has 2 amide bonds. The van der Waals surface area contributed by atoms with Gasteiger partial charge in [0.25, 0.3) is 0 Å². The van der Waals surface area contributed by atoms with Crippen molar-refractivity contribution in [3.63, 3.8) is 0 Å². The lowest BCUT2D eigenvalue weighted by Crippen LogP contribution is -2.21. The minimum Gasteiger partial charge on any atom is -0.311 e. The molecule has 0 unspecified atom stereocenters. The minimum absolute atomic E-state index is 0.190. The number of rotatable bonds is 6. The van der Waals surface area contributed by atoms with E-state index in [0.717, 1.165) is 50.0 Å². The van der Waals surface area contributed by atoms with Crippen molar-refractivity contribution < 1.29 is 4.79 Å². The van der Waals surface area contributed by atoms with Gasteiger partial charge >= 0.3 is 6.03 Å². The number of hydrogen-bond acceptors (Lipinski definition) is 4. The van der Waals surface area contributed by atoms with E-state index in [1.807, 2.05) is 104 Å². The van der Waals surface area contributed by atoms with Crippen molar-refractivity contribution >= 4 is 39.5 Å². The molecule has 7 rings (SSSR count). The molecule has 8 heteroatoms. The Hall–Kier alpha value is -5.76. The Kier molecular flexibility index (Phi) is 7.33. The Bertz CT molecular complexity index is 2190. The third-order valence-corrected chi connectivity index (χ3v) is 8.16. The number of pyridine rings is 1. The highest BCUT2D eigenvalue weighted by Gasteiger charge is 2.22. The third-order valence-electron chi connectivity index (χ3n) is 8.16. The first-order valence-electron chi connectivity index (χ1n) is 15.4. The molecular weight excluding hydrogens is 570 g/mol. The summed E-state index contributed by atoms with van der Waals surface area (Å²) in [5.74, 6) is 0.595. The van der Waals surface area contributed by atoms with Crippen molar-refractivity contribution in [2.75, 3.05) is 10.6 Å². The van der Waals surface area contributed by atoms with Crippen LogP contribution < -0.4 is 10.6 Å². The number of aryl methyl sites for hydroxylation is 1. The summed E-state index contributed by atoms with van der Waals surface area (Å²) < 4.78 is 3.86. The van der Waals surface area contributed by atoms with Gasteiger partial charge in [-0.2, -0.15) is 5.10 Å². The highest BCUT2D eigenvalue weighted by Crippen LogP contribution is 2.36. The molecule has 8 nitrogen and oxygen atoms in total. The molecule has 0 bridgehead atoms. The fraction of sp³-hybridized carbons (Fsp3) is 0.158. The number of urea groups is 1. The fourth-order valence-corrected chi connectivity index (χ4v) is 5.71. The van der Waals surface area contributed by atoms with Gasteiger partial charge < -0.3 is 9.88 Å². The molecule has 0 saturated carbocycles. The zero-order valence-electron chi connectivity index (χ0n) is 26.3. The molecule has 228 valence electrons. The van der Waals surface area contributed by atoms with Gasteiger partial charge in [-0.3, -0.25) is 5.32 Å². The van der Waals surface area contributed by atoms with Crippen LogP contribution in [0.25, 0.3) is 38.8 Å². The van der Waals surface area contributed by atoms with Gasteiger partial charge in [-0.15, -0.1) is 0 Å². The van der Waals surface area contributed by atoms with E-state index in [0.29, 0.717) is 18.1 Å². The van der Waals surface area contributed by atoms with E-state index >= 15 is 0 Å². The Balaban J connectivity index is 1.21. The summed E-state index contributed by atoms with van der Waals surface area (Å²) in [4.78, 5) is 23.0. The quantitative estimate of drug-likeness (QED) is 0.198. The highest BCUT2D eigenvalue weighted by atomic mass is 16.2. The molecule has 0 aliphatic rings. The van der Waals surface area contributed by atoms with Crippen LogP contribution in [0.2, 0.25) is 0 Å². The SMILES string of the molecule is Cc1ccc(-n2nc(C(C)(C)C)cc2NC(=O)Nc2ccc(-c3ccnc4c3ncn4Cc3ccccc3)c3ccccc23)cc1. The van der Waals surface area contributed by atoms with E-state index in [9.17, 15) is 4.79 Å². The summed E-state index contributed by atoms with van der Waals surface area (Å²) in [6.45, 7) is 9.06. The number of hydrogen-bond donors (Lipinski definition) is 2. The van der Waals surface area contributed by atoms with E-state index in [2.05, 4.69) is 59.2 Å². The topological polar surface area (TPSA) is 89.7 Å². The smallest absolute Gasteiger partial charge is 0.311 e. The van der Waals surface area contributed by atoms with Crippen LogP contribution in [0.4, 0.5) is 16.3 Å². The van der Waals surface area contributed by atoms with Crippen molar-refractivity contribution in [3.05, 3.63) is 132 Å². The Morgan fingerprint density at radius 3 is 2.28 bits per heavy atom. The molecule has 4 aromatic carbocycles. The lowest BCUT2D eigenvalue weighted by Gasteiger charge is -2.14. The van der Waals surface area contributed by atoms with E-state index in [-0.39, 0.29) is 11.4 Å². The second kappa shape index (κ2) is 11.6. The fourth-order valence-electron chi connectivity index (χ4n) is 5.71. The summed E-state index contributed by atoms with van der Waals surface area (Å²) in [6.07, 6.45) is 3.68. The van der Waals surface area contributed by atoms with Gasteiger partial charge in [-0.25, -0.2) is 19.4 Å². The van der Waals surface area contributed by atoms with Gasteiger partial charge in [0, 0.05) is 28.6 Å². The monoisotopic (exact) mass is 605 g/mol. The maximum atomic E-state index is 13.5. The Morgan fingerprint density at radius 1 is 0.783 bits per heavy atom. The molecule has 0 fully saturated rings. The number of anilines is 2. The normalized spacial score (nSPS) is 11.7. The summed E-state index contributed by atoms with van der Waals surface area (Å²) >= 11 is 0. The number of benzene rings is 4. The first kappa shape index (κ1) is 29.0. The van der Waals surface area contributed by atoms with Crippen molar-refractivity contribution in [1.29, 1.82) is 0 Å². The van der Waals surface area contributed by atoms with Crippen LogP contribution >= 0.6 is 0 Å². The van der Waals surface area contributed by atoms with Gasteiger partial charge in [0.05, 0.1) is 29.9 Å². The summed E-state index contributed by atoms with van der Waals surface area (Å²) in [5, 5.41) is 12.9. The molecular formula is C38H35N7O. The molecule has 7 aromatic rings. The predicted molar refractivity (Wildman–Crippen MR) is 186 cm³/mol.